The number of pyridine rings is 1. The fourth-order valence-corrected chi connectivity index (χ4v) is 2.85. The highest BCUT2D eigenvalue weighted by Gasteiger charge is 2.32. The van der Waals surface area contributed by atoms with Gasteiger partial charge in [0.25, 0.3) is 0 Å². The quantitative estimate of drug-likeness (QED) is 0.731. The lowest BCUT2D eigenvalue weighted by molar-refractivity contribution is -0.137. The molecule has 0 saturated carbocycles. The first-order valence-electron chi connectivity index (χ1n) is 6.64. The second-order valence-corrected chi connectivity index (χ2v) is 6.03. The van der Waals surface area contributed by atoms with Crippen LogP contribution in [0.4, 0.5) is 19.0 Å². The van der Waals surface area contributed by atoms with Crippen molar-refractivity contribution in [3.8, 4) is 0 Å². The number of carbonyl (C=O) groups excluding carboxylic acids is 1. The number of alkyl halides is 4. The summed E-state index contributed by atoms with van der Waals surface area (Å²) in [4.78, 5) is 19.1. The second kappa shape index (κ2) is 7.04. The zero-order chi connectivity index (χ0) is 16.3. The van der Waals surface area contributed by atoms with E-state index in [4.69, 9.17) is 11.6 Å². The standard InChI is InChI=1S/C13H14BrClF3N3O/c14-2-1-11(22)20-3-5-21(6-4-20)12-10(15)7-9(8-19-12)13(16,17)18/h7-8H,1-6H2. The highest BCUT2D eigenvalue weighted by atomic mass is 79.9. The molecule has 0 radical (unpaired) electrons. The molecule has 9 heteroatoms. The average molecular weight is 401 g/mol. The van der Waals surface area contributed by atoms with Gasteiger partial charge in [-0.1, -0.05) is 27.5 Å². The average Bonchev–Trinajstić information content (AvgIpc) is 2.46. The molecule has 1 saturated heterocycles. The Labute approximate surface area is 139 Å². The molecule has 1 aliphatic rings. The highest BCUT2D eigenvalue weighted by Crippen LogP contribution is 2.33. The molecule has 0 aliphatic carbocycles. The molecule has 2 rings (SSSR count). The number of rotatable bonds is 3. The minimum Gasteiger partial charge on any atom is -0.352 e. The van der Waals surface area contributed by atoms with E-state index in [1.54, 1.807) is 9.80 Å². The van der Waals surface area contributed by atoms with Gasteiger partial charge in [-0.2, -0.15) is 13.2 Å². The first-order chi connectivity index (χ1) is 10.3. The normalized spacial score (nSPS) is 16.0. The molecule has 0 unspecified atom stereocenters. The lowest BCUT2D eigenvalue weighted by atomic mass is 10.2. The second-order valence-electron chi connectivity index (χ2n) is 4.83. The monoisotopic (exact) mass is 399 g/mol. The van der Waals surface area contributed by atoms with Crippen LogP contribution in [0.5, 0.6) is 0 Å². The van der Waals surface area contributed by atoms with Crippen molar-refractivity contribution in [2.75, 3.05) is 36.4 Å². The number of nitrogens with zero attached hydrogens (tertiary/aromatic N) is 3. The third kappa shape index (κ3) is 4.04. The molecule has 1 aromatic heterocycles. The summed E-state index contributed by atoms with van der Waals surface area (Å²) >= 11 is 9.15. The Bertz CT molecular complexity index is 548. The van der Waals surface area contributed by atoms with E-state index in [1.807, 2.05) is 0 Å². The summed E-state index contributed by atoms with van der Waals surface area (Å²) in [6.45, 7) is 1.99. The molecule has 0 bridgehead atoms. The summed E-state index contributed by atoms with van der Waals surface area (Å²) in [5.74, 6) is 0.380. The van der Waals surface area contributed by atoms with Crippen LogP contribution in [0.1, 0.15) is 12.0 Å². The molecule has 0 N–H and O–H groups in total. The van der Waals surface area contributed by atoms with Crippen molar-refractivity contribution in [1.29, 1.82) is 0 Å². The summed E-state index contributed by atoms with van der Waals surface area (Å²) in [6.07, 6.45) is -3.25. The molecular weight excluding hydrogens is 387 g/mol. The van der Waals surface area contributed by atoms with E-state index in [1.165, 1.54) is 0 Å². The lowest BCUT2D eigenvalue weighted by Gasteiger charge is -2.35. The molecule has 122 valence electrons. The molecule has 22 heavy (non-hydrogen) atoms. The number of hydrogen-bond acceptors (Lipinski definition) is 3. The Kier molecular flexibility index (Phi) is 5.55. The molecule has 0 atom stereocenters. The minimum atomic E-state index is -4.46. The predicted molar refractivity (Wildman–Crippen MR) is 81.5 cm³/mol. The smallest absolute Gasteiger partial charge is 0.352 e. The third-order valence-electron chi connectivity index (χ3n) is 3.39. The van der Waals surface area contributed by atoms with Crippen LogP contribution in [-0.2, 0) is 11.0 Å². The Balaban J connectivity index is 2.04. The fraction of sp³-hybridized carbons (Fsp3) is 0.538. The van der Waals surface area contributed by atoms with Gasteiger partial charge < -0.3 is 9.80 Å². The number of piperazine rings is 1. The molecule has 4 nitrogen and oxygen atoms in total. The van der Waals surface area contributed by atoms with E-state index >= 15 is 0 Å². The van der Waals surface area contributed by atoms with Crippen molar-refractivity contribution in [1.82, 2.24) is 9.88 Å². The summed E-state index contributed by atoms with van der Waals surface area (Å²) in [5.41, 5.74) is -0.868. The number of aromatic nitrogens is 1. The molecular formula is C13H14BrClF3N3O. The van der Waals surface area contributed by atoms with Gasteiger partial charge in [0, 0.05) is 44.1 Å². The first-order valence-corrected chi connectivity index (χ1v) is 8.14. The van der Waals surface area contributed by atoms with Crippen LogP contribution in [0, 0.1) is 0 Å². The molecule has 0 spiro atoms. The van der Waals surface area contributed by atoms with Crippen LogP contribution in [0.3, 0.4) is 0 Å². The van der Waals surface area contributed by atoms with Crippen LogP contribution in [-0.4, -0.2) is 47.3 Å². The summed E-state index contributed by atoms with van der Waals surface area (Å²) in [5, 5.41) is 0.577. The van der Waals surface area contributed by atoms with Gasteiger partial charge >= 0.3 is 6.18 Å². The van der Waals surface area contributed by atoms with E-state index in [2.05, 4.69) is 20.9 Å². The zero-order valence-electron chi connectivity index (χ0n) is 11.5. The van der Waals surface area contributed by atoms with E-state index in [0.717, 1.165) is 12.3 Å². The van der Waals surface area contributed by atoms with Gasteiger partial charge in [0.05, 0.1) is 10.6 Å². The number of hydrogen-bond donors (Lipinski definition) is 0. The van der Waals surface area contributed by atoms with Crippen LogP contribution < -0.4 is 4.90 Å². The molecule has 1 aromatic rings. The van der Waals surface area contributed by atoms with Gasteiger partial charge in [0.2, 0.25) is 5.91 Å². The number of carbonyl (C=O) groups is 1. The van der Waals surface area contributed by atoms with E-state index in [-0.39, 0.29) is 10.9 Å². The molecule has 1 aliphatic heterocycles. The van der Waals surface area contributed by atoms with Crippen LogP contribution >= 0.6 is 27.5 Å². The van der Waals surface area contributed by atoms with E-state index in [0.29, 0.717) is 43.7 Å². The molecule has 1 amide bonds. The van der Waals surface area contributed by atoms with E-state index in [9.17, 15) is 18.0 Å². The topological polar surface area (TPSA) is 36.4 Å². The Morgan fingerprint density at radius 1 is 1.32 bits per heavy atom. The highest BCUT2D eigenvalue weighted by molar-refractivity contribution is 9.09. The van der Waals surface area contributed by atoms with Crippen molar-refractivity contribution in [2.45, 2.75) is 12.6 Å². The number of halogens is 5. The maximum absolute atomic E-state index is 12.6. The summed E-state index contributed by atoms with van der Waals surface area (Å²) in [6, 6.07) is 0.881. The fourth-order valence-electron chi connectivity index (χ4n) is 2.23. The van der Waals surface area contributed by atoms with Crippen LogP contribution in [0.2, 0.25) is 5.02 Å². The SMILES string of the molecule is O=C(CCBr)N1CCN(c2ncc(C(F)(F)F)cc2Cl)CC1. The molecule has 2 heterocycles. The zero-order valence-corrected chi connectivity index (χ0v) is 13.9. The number of amides is 1. The van der Waals surface area contributed by atoms with Crippen LogP contribution in [0.25, 0.3) is 0 Å². The van der Waals surface area contributed by atoms with Gasteiger partial charge in [0.15, 0.2) is 0 Å². The van der Waals surface area contributed by atoms with Gasteiger partial charge in [0.1, 0.15) is 5.82 Å². The first kappa shape index (κ1) is 17.3. The van der Waals surface area contributed by atoms with Gasteiger partial charge in [-0.3, -0.25) is 4.79 Å². The Morgan fingerprint density at radius 2 is 1.95 bits per heavy atom. The Morgan fingerprint density at radius 3 is 2.45 bits per heavy atom. The van der Waals surface area contributed by atoms with Crippen LogP contribution in [0.15, 0.2) is 12.3 Å². The van der Waals surface area contributed by atoms with Crippen molar-refractivity contribution in [3.63, 3.8) is 0 Å². The summed E-state index contributed by atoms with van der Waals surface area (Å²) in [7, 11) is 0. The maximum Gasteiger partial charge on any atom is 0.417 e. The summed E-state index contributed by atoms with van der Waals surface area (Å²) < 4.78 is 37.8. The maximum atomic E-state index is 12.6. The van der Waals surface area contributed by atoms with Crippen molar-refractivity contribution >= 4 is 39.3 Å². The van der Waals surface area contributed by atoms with Crippen molar-refractivity contribution in [3.05, 3.63) is 22.8 Å². The Hall–Kier alpha value is -1.02. The van der Waals surface area contributed by atoms with Crippen molar-refractivity contribution < 1.29 is 18.0 Å². The van der Waals surface area contributed by atoms with Gasteiger partial charge in [-0.25, -0.2) is 4.98 Å². The lowest BCUT2D eigenvalue weighted by Crippen LogP contribution is -2.49. The minimum absolute atomic E-state index is 0.0324. The molecule has 1 fully saturated rings. The largest absolute Gasteiger partial charge is 0.417 e. The predicted octanol–water partition coefficient (Wildman–Crippen LogP) is 3.19. The number of anilines is 1. The van der Waals surface area contributed by atoms with Gasteiger partial charge in [-0.05, 0) is 6.07 Å². The van der Waals surface area contributed by atoms with Crippen molar-refractivity contribution in [2.24, 2.45) is 0 Å². The third-order valence-corrected chi connectivity index (χ3v) is 4.06. The molecule has 0 aromatic carbocycles. The van der Waals surface area contributed by atoms with E-state index < -0.39 is 11.7 Å². The van der Waals surface area contributed by atoms with Gasteiger partial charge in [-0.15, -0.1) is 0 Å².